The van der Waals surface area contributed by atoms with Gasteiger partial charge in [-0.3, -0.25) is 9.71 Å². The summed E-state index contributed by atoms with van der Waals surface area (Å²) in [6.07, 6.45) is 9.08. The number of sulfonamides is 1. The molecule has 27 heavy (non-hydrogen) atoms. The zero-order valence-electron chi connectivity index (χ0n) is 15.2. The van der Waals surface area contributed by atoms with Crippen LogP contribution in [0.1, 0.15) is 31.9 Å². The molecule has 1 aromatic carbocycles. The molecular weight excluding hydrogens is 360 g/mol. The molecule has 0 unspecified atom stereocenters. The van der Waals surface area contributed by atoms with E-state index in [-0.39, 0.29) is 5.25 Å². The summed E-state index contributed by atoms with van der Waals surface area (Å²) in [7, 11) is -3.23. The Morgan fingerprint density at radius 3 is 2.63 bits per heavy atom. The molecule has 0 aliphatic heterocycles. The minimum Gasteiger partial charge on any atom is -0.283 e. The highest BCUT2D eigenvalue weighted by atomic mass is 32.2. The normalized spacial score (nSPS) is 14.3. The molecule has 1 aliphatic rings. The first kappa shape index (κ1) is 17.7. The molecule has 0 atom stereocenters. The lowest BCUT2D eigenvalue weighted by molar-refractivity contribution is 0.600. The molecule has 0 saturated heterocycles. The van der Waals surface area contributed by atoms with Crippen molar-refractivity contribution in [3.05, 3.63) is 60.7 Å². The number of nitrogens with zero attached hydrogens (tertiary/aromatic N) is 3. The number of rotatable bonds is 7. The summed E-state index contributed by atoms with van der Waals surface area (Å²) >= 11 is 0. The second-order valence-corrected chi connectivity index (χ2v) is 8.81. The van der Waals surface area contributed by atoms with Crippen LogP contribution in [0.4, 0.5) is 5.69 Å². The van der Waals surface area contributed by atoms with Gasteiger partial charge in [0.2, 0.25) is 10.0 Å². The lowest BCUT2D eigenvalue weighted by Gasteiger charge is -2.07. The van der Waals surface area contributed by atoms with Crippen LogP contribution in [-0.4, -0.2) is 28.4 Å². The molecule has 1 aliphatic carbocycles. The molecule has 1 N–H and O–H groups in total. The standard InChI is InChI=1S/C20H22N4O2S/c1-2-3-18-12-19(10-11-21-18)24-14-16(13-22-24)15-4-6-17(7-5-15)23-27(25,26)20-8-9-20/h4-7,10-14,20,23H,2-3,8-9H2,1H3. The number of hydrogen-bond acceptors (Lipinski definition) is 4. The molecule has 140 valence electrons. The lowest BCUT2D eigenvalue weighted by atomic mass is 10.1. The van der Waals surface area contributed by atoms with Gasteiger partial charge < -0.3 is 0 Å². The van der Waals surface area contributed by atoms with Gasteiger partial charge in [0.25, 0.3) is 0 Å². The molecule has 0 spiro atoms. The highest BCUT2D eigenvalue weighted by molar-refractivity contribution is 7.93. The van der Waals surface area contributed by atoms with E-state index in [0.29, 0.717) is 5.69 Å². The molecule has 2 aromatic heterocycles. The van der Waals surface area contributed by atoms with Crippen LogP contribution in [0, 0.1) is 0 Å². The fraction of sp³-hybridized carbons (Fsp3) is 0.300. The van der Waals surface area contributed by atoms with Crippen molar-refractivity contribution >= 4 is 15.7 Å². The molecule has 0 bridgehead atoms. The molecule has 3 aromatic rings. The van der Waals surface area contributed by atoms with Crippen LogP contribution in [0.15, 0.2) is 55.0 Å². The Morgan fingerprint density at radius 1 is 1.15 bits per heavy atom. The SMILES string of the molecule is CCCc1cc(-n2cc(-c3ccc(NS(=O)(=O)C4CC4)cc3)cn2)ccn1. The van der Waals surface area contributed by atoms with Gasteiger partial charge in [0, 0.05) is 29.3 Å². The number of anilines is 1. The first-order valence-electron chi connectivity index (χ1n) is 9.17. The minimum atomic E-state index is -3.23. The molecule has 2 heterocycles. The van der Waals surface area contributed by atoms with Crippen molar-refractivity contribution < 1.29 is 8.42 Å². The van der Waals surface area contributed by atoms with Crippen molar-refractivity contribution in [1.29, 1.82) is 0 Å². The van der Waals surface area contributed by atoms with Gasteiger partial charge in [0.1, 0.15) is 0 Å². The maximum Gasteiger partial charge on any atom is 0.235 e. The summed E-state index contributed by atoms with van der Waals surface area (Å²) < 4.78 is 28.5. The van der Waals surface area contributed by atoms with Gasteiger partial charge in [-0.25, -0.2) is 13.1 Å². The zero-order chi connectivity index (χ0) is 18.9. The average Bonchev–Trinajstić information content (AvgIpc) is 3.41. The first-order chi connectivity index (χ1) is 13.0. The molecular formula is C20H22N4O2S. The molecule has 1 saturated carbocycles. The van der Waals surface area contributed by atoms with Crippen LogP contribution in [0.3, 0.4) is 0 Å². The van der Waals surface area contributed by atoms with E-state index in [1.165, 1.54) is 0 Å². The van der Waals surface area contributed by atoms with E-state index in [9.17, 15) is 8.42 Å². The summed E-state index contributed by atoms with van der Waals surface area (Å²) in [6.45, 7) is 2.13. The topological polar surface area (TPSA) is 76.9 Å². The minimum absolute atomic E-state index is 0.228. The average molecular weight is 382 g/mol. The predicted octanol–water partition coefficient (Wildman–Crippen LogP) is 3.79. The highest BCUT2D eigenvalue weighted by Crippen LogP contribution is 2.30. The maximum absolute atomic E-state index is 12.0. The fourth-order valence-electron chi connectivity index (χ4n) is 2.97. The maximum atomic E-state index is 12.0. The number of aryl methyl sites for hydroxylation is 1. The van der Waals surface area contributed by atoms with E-state index in [1.54, 1.807) is 12.1 Å². The van der Waals surface area contributed by atoms with Gasteiger partial charge in [-0.2, -0.15) is 5.10 Å². The van der Waals surface area contributed by atoms with Crippen LogP contribution < -0.4 is 4.72 Å². The van der Waals surface area contributed by atoms with Crippen molar-refractivity contribution in [1.82, 2.24) is 14.8 Å². The van der Waals surface area contributed by atoms with Gasteiger partial charge in [-0.15, -0.1) is 0 Å². The number of aromatic nitrogens is 3. The van der Waals surface area contributed by atoms with Crippen molar-refractivity contribution in [3.8, 4) is 16.8 Å². The summed E-state index contributed by atoms with van der Waals surface area (Å²) in [5.41, 5.74) is 4.59. The molecule has 4 rings (SSSR count). The van der Waals surface area contributed by atoms with E-state index < -0.39 is 10.0 Å². The van der Waals surface area contributed by atoms with Gasteiger partial charge in [0.15, 0.2) is 0 Å². The van der Waals surface area contributed by atoms with Crippen LogP contribution >= 0.6 is 0 Å². The second kappa shape index (κ2) is 7.15. The summed E-state index contributed by atoms with van der Waals surface area (Å²) in [4.78, 5) is 4.38. The highest BCUT2D eigenvalue weighted by Gasteiger charge is 2.35. The summed E-state index contributed by atoms with van der Waals surface area (Å²) in [5, 5.41) is 4.23. The smallest absolute Gasteiger partial charge is 0.235 e. The molecule has 7 heteroatoms. The third-order valence-electron chi connectivity index (χ3n) is 4.59. The Labute approximate surface area is 159 Å². The van der Waals surface area contributed by atoms with E-state index in [4.69, 9.17) is 0 Å². The monoisotopic (exact) mass is 382 g/mol. The van der Waals surface area contributed by atoms with E-state index in [2.05, 4.69) is 27.8 Å². The number of nitrogens with one attached hydrogen (secondary N) is 1. The largest absolute Gasteiger partial charge is 0.283 e. The Balaban J connectivity index is 1.52. The van der Waals surface area contributed by atoms with Crippen molar-refractivity contribution in [3.63, 3.8) is 0 Å². The quantitative estimate of drug-likeness (QED) is 0.674. The fourth-order valence-corrected chi connectivity index (χ4v) is 4.36. The van der Waals surface area contributed by atoms with Crippen LogP contribution in [-0.2, 0) is 16.4 Å². The Kier molecular flexibility index (Phi) is 4.70. The predicted molar refractivity (Wildman–Crippen MR) is 106 cm³/mol. The van der Waals surface area contributed by atoms with Crippen LogP contribution in [0.2, 0.25) is 0 Å². The third kappa shape index (κ3) is 4.03. The van der Waals surface area contributed by atoms with E-state index in [0.717, 1.165) is 48.2 Å². The molecule has 6 nitrogen and oxygen atoms in total. The third-order valence-corrected chi connectivity index (χ3v) is 6.46. The van der Waals surface area contributed by atoms with E-state index in [1.807, 2.05) is 41.5 Å². The van der Waals surface area contributed by atoms with Gasteiger partial charge in [-0.1, -0.05) is 25.5 Å². The van der Waals surface area contributed by atoms with Crippen LogP contribution in [0.5, 0.6) is 0 Å². The van der Waals surface area contributed by atoms with Gasteiger partial charge in [-0.05, 0) is 49.1 Å². The van der Waals surface area contributed by atoms with Crippen molar-refractivity contribution in [2.24, 2.45) is 0 Å². The summed E-state index contributed by atoms with van der Waals surface area (Å²) in [5.74, 6) is 0. The van der Waals surface area contributed by atoms with Crippen molar-refractivity contribution in [2.75, 3.05) is 4.72 Å². The van der Waals surface area contributed by atoms with Gasteiger partial charge in [0.05, 0.1) is 17.1 Å². The van der Waals surface area contributed by atoms with E-state index >= 15 is 0 Å². The number of hydrogen-bond donors (Lipinski definition) is 1. The molecule has 1 fully saturated rings. The lowest BCUT2D eigenvalue weighted by Crippen LogP contribution is -2.17. The Morgan fingerprint density at radius 2 is 1.93 bits per heavy atom. The number of pyridine rings is 1. The Bertz CT molecular complexity index is 1040. The molecule has 0 amide bonds. The number of benzene rings is 1. The van der Waals surface area contributed by atoms with Crippen LogP contribution in [0.25, 0.3) is 16.8 Å². The zero-order valence-corrected chi connectivity index (χ0v) is 16.0. The Hall–Kier alpha value is -2.67. The first-order valence-corrected chi connectivity index (χ1v) is 10.7. The van der Waals surface area contributed by atoms with Crippen molar-refractivity contribution in [2.45, 2.75) is 37.9 Å². The second-order valence-electron chi connectivity index (χ2n) is 6.85. The van der Waals surface area contributed by atoms with Gasteiger partial charge >= 0.3 is 0 Å². The summed E-state index contributed by atoms with van der Waals surface area (Å²) in [6, 6.07) is 11.4. The molecule has 0 radical (unpaired) electrons.